The molecule has 0 fully saturated rings. The Kier molecular flexibility index (Phi) is 6.86. The van der Waals surface area contributed by atoms with Crippen molar-refractivity contribution in [3.05, 3.63) is 71.8 Å². The SMILES string of the molecule is O=C(OC(C#CCO)COCc1ccccc1)c1ccccc1. The second-order valence-electron chi connectivity index (χ2n) is 4.74. The van der Waals surface area contributed by atoms with Crippen molar-refractivity contribution in [1.29, 1.82) is 0 Å². The van der Waals surface area contributed by atoms with Gasteiger partial charge in [-0.15, -0.1) is 0 Å². The van der Waals surface area contributed by atoms with Gasteiger partial charge in [-0.1, -0.05) is 60.4 Å². The first-order valence-electron chi connectivity index (χ1n) is 7.26. The number of carbonyl (C=O) groups is 1. The minimum absolute atomic E-state index is 0.139. The smallest absolute Gasteiger partial charge is 0.339 e. The Labute approximate surface area is 135 Å². The van der Waals surface area contributed by atoms with Crippen molar-refractivity contribution in [2.24, 2.45) is 0 Å². The van der Waals surface area contributed by atoms with Gasteiger partial charge in [0.25, 0.3) is 0 Å². The normalized spacial score (nSPS) is 11.2. The highest BCUT2D eigenvalue weighted by atomic mass is 16.6. The molecule has 1 unspecified atom stereocenters. The van der Waals surface area contributed by atoms with E-state index in [1.807, 2.05) is 36.4 Å². The summed E-state index contributed by atoms with van der Waals surface area (Å²) in [5.41, 5.74) is 1.47. The molecule has 0 bridgehead atoms. The summed E-state index contributed by atoms with van der Waals surface area (Å²) in [6.45, 7) is 0.250. The van der Waals surface area contributed by atoms with E-state index in [0.29, 0.717) is 12.2 Å². The lowest BCUT2D eigenvalue weighted by Crippen LogP contribution is -2.22. The molecule has 1 atom stereocenters. The largest absolute Gasteiger partial charge is 0.443 e. The third kappa shape index (κ3) is 5.95. The monoisotopic (exact) mass is 310 g/mol. The van der Waals surface area contributed by atoms with E-state index in [1.165, 1.54) is 0 Å². The molecule has 0 saturated heterocycles. The number of hydrogen-bond acceptors (Lipinski definition) is 4. The van der Waals surface area contributed by atoms with Crippen LogP contribution in [0.25, 0.3) is 0 Å². The van der Waals surface area contributed by atoms with Crippen molar-refractivity contribution >= 4 is 5.97 Å². The van der Waals surface area contributed by atoms with Crippen LogP contribution in [0.3, 0.4) is 0 Å². The van der Waals surface area contributed by atoms with Crippen LogP contribution in [0.5, 0.6) is 0 Å². The Bertz CT molecular complexity index is 656. The minimum atomic E-state index is -0.724. The predicted octanol–water partition coefficient (Wildman–Crippen LogP) is 2.42. The molecule has 118 valence electrons. The number of ether oxygens (including phenoxy) is 2. The van der Waals surface area contributed by atoms with Gasteiger partial charge in [0.15, 0.2) is 6.10 Å². The third-order valence-corrected chi connectivity index (χ3v) is 2.98. The number of esters is 1. The van der Waals surface area contributed by atoms with Gasteiger partial charge in [0.1, 0.15) is 6.61 Å². The number of rotatable bonds is 6. The molecule has 4 heteroatoms. The van der Waals surface area contributed by atoms with Crippen molar-refractivity contribution in [3.63, 3.8) is 0 Å². The number of carbonyl (C=O) groups excluding carboxylic acids is 1. The Morgan fingerprint density at radius 1 is 1.04 bits per heavy atom. The molecule has 4 nitrogen and oxygen atoms in total. The van der Waals surface area contributed by atoms with Crippen molar-refractivity contribution in [1.82, 2.24) is 0 Å². The molecule has 0 spiro atoms. The van der Waals surface area contributed by atoms with Crippen LogP contribution < -0.4 is 0 Å². The number of benzene rings is 2. The third-order valence-electron chi connectivity index (χ3n) is 2.98. The van der Waals surface area contributed by atoms with Crippen molar-refractivity contribution in [3.8, 4) is 11.8 Å². The molecule has 0 amide bonds. The van der Waals surface area contributed by atoms with Crippen LogP contribution in [0.2, 0.25) is 0 Å². The standard InChI is InChI=1S/C19H18O4/c20-13-7-12-18(15-22-14-16-8-3-1-4-9-16)23-19(21)17-10-5-2-6-11-17/h1-6,8-11,18,20H,13-15H2. The molecule has 0 saturated carbocycles. The maximum absolute atomic E-state index is 12.0. The first kappa shape index (κ1) is 16.8. The van der Waals surface area contributed by atoms with E-state index in [2.05, 4.69) is 11.8 Å². The topological polar surface area (TPSA) is 55.8 Å². The van der Waals surface area contributed by atoms with Crippen LogP contribution in [0.4, 0.5) is 0 Å². The Balaban J connectivity index is 1.90. The summed E-state index contributed by atoms with van der Waals surface area (Å²) < 4.78 is 10.9. The average molecular weight is 310 g/mol. The zero-order valence-electron chi connectivity index (χ0n) is 12.6. The number of aliphatic hydroxyl groups is 1. The first-order chi connectivity index (χ1) is 11.3. The molecule has 23 heavy (non-hydrogen) atoms. The Morgan fingerprint density at radius 2 is 1.70 bits per heavy atom. The van der Waals surface area contributed by atoms with Gasteiger partial charge in [-0.25, -0.2) is 4.79 Å². The van der Waals surface area contributed by atoms with E-state index in [1.54, 1.807) is 24.3 Å². The Morgan fingerprint density at radius 3 is 2.35 bits per heavy atom. The summed E-state index contributed by atoms with van der Waals surface area (Å²) in [6.07, 6.45) is -0.724. The minimum Gasteiger partial charge on any atom is -0.443 e. The van der Waals surface area contributed by atoms with E-state index in [-0.39, 0.29) is 13.2 Å². The molecule has 0 heterocycles. The molecular weight excluding hydrogens is 292 g/mol. The van der Waals surface area contributed by atoms with Gasteiger partial charge in [0.05, 0.1) is 18.8 Å². The van der Waals surface area contributed by atoms with Gasteiger partial charge in [0, 0.05) is 0 Å². The highest BCUT2D eigenvalue weighted by molar-refractivity contribution is 5.89. The molecule has 0 aliphatic carbocycles. The fraction of sp³-hybridized carbons (Fsp3) is 0.211. The lowest BCUT2D eigenvalue weighted by atomic mass is 10.2. The highest BCUT2D eigenvalue weighted by Gasteiger charge is 2.14. The van der Waals surface area contributed by atoms with Crippen molar-refractivity contribution < 1.29 is 19.4 Å². The molecule has 0 aliphatic heterocycles. The van der Waals surface area contributed by atoms with E-state index < -0.39 is 12.1 Å². The van der Waals surface area contributed by atoms with Gasteiger partial charge < -0.3 is 14.6 Å². The molecule has 2 aromatic rings. The maximum Gasteiger partial charge on any atom is 0.339 e. The van der Waals surface area contributed by atoms with Gasteiger partial charge in [-0.2, -0.15) is 0 Å². The zero-order chi connectivity index (χ0) is 16.3. The number of hydrogen-bond donors (Lipinski definition) is 1. The molecule has 0 radical (unpaired) electrons. The van der Waals surface area contributed by atoms with Gasteiger partial charge in [-0.3, -0.25) is 0 Å². The molecule has 1 N–H and O–H groups in total. The fourth-order valence-corrected chi connectivity index (χ4v) is 1.89. The van der Waals surface area contributed by atoms with Gasteiger partial charge in [-0.05, 0) is 17.7 Å². The van der Waals surface area contributed by atoms with Crippen LogP contribution in [0, 0.1) is 11.8 Å². The predicted molar refractivity (Wildman–Crippen MR) is 86.6 cm³/mol. The second-order valence-corrected chi connectivity index (χ2v) is 4.74. The quantitative estimate of drug-likeness (QED) is 0.657. The lowest BCUT2D eigenvalue weighted by molar-refractivity contribution is 0.0101. The van der Waals surface area contributed by atoms with E-state index in [4.69, 9.17) is 14.6 Å². The summed E-state index contributed by atoms with van der Waals surface area (Å²) in [6, 6.07) is 18.4. The van der Waals surface area contributed by atoms with Crippen LogP contribution >= 0.6 is 0 Å². The highest BCUT2D eigenvalue weighted by Crippen LogP contribution is 2.06. The van der Waals surface area contributed by atoms with Crippen LogP contribution in [0.1, 0.15) is 15.9 Å². The lowest BCUT2D eigenvalue weighted by Gasteiger charge is -2.13. The van der Waals surface area contributed by atoms with Crippen molar-refractivity contribution in [2.75, 3.05) is 13.2 Å². The summed E-state index contributed by atoms with van der Waals surface area (Å²) in [4.78, 5) is 12.0. The van der Waals surface area contributed by atoms with E-state index >= 15 is 0 Å². The summed E-state index contributed by atoms with van der Waals surface area (Å²) in [5, 5.41) is 8.81. The molecule has 2 rings (SSSR count). The summed E-state index contributed by atoms with van der Waals surface area (Å²) in [7, 11) is 0. The van der Waals surface area contributed by atoms with Gasteiger partial charge in [0.2, 0.25) is 0 Å². The fourth-order valence-electron chi connectivity index (χ4n) is 1.89. The van der Waals surface area contributed by atoms with E-state index in [9.17, 15) is 4.79 Å². The maximum atomic E-state index is 12.0. The molecular formula is C19H18O4. The van der Waals surface area contributed by atoms with Crippen LogP contribution in [-0.4, -0.2) is 30.4 Å². The second kappa shape index (κ2) is 9.42. The molecule has 0 aromatic heterocycles. The average Bonchev–Trinajstić information content (AvgIpc) is 2.61. The Hall–Kier alpha value is -2.61. The van der Waals surface area contributed by atoms with E-state index in [0.717, 1.165) is 5.56 Å². The number of aliphatic hydroxyl groups excluding tert-OH is 1. The summed E-state index contributed by atoms with van der Waals surface area (Å²) in [5.74, 6) is 4.72. The van der Waals surface area contributed by atoms with Crippen LogP contribution in [0.15, 0.2) is 60.7 Å². The van der Waals surface area contributed by atoms with Crippen molar-refractivity contribution in [2.45, 2.75) is 12.7 Å². The zero-order valence-corrected chi connectivity index (χ0v) is 12.6. The van der Waals surface area contributed by atoms with Crippen LogP contribution in [-0.2, 0) is 16.1 Å². The molecule has 2 aromatic carbocycles. The van der Waals surface area contributed by atoms with Gasteiger partial charge >= 0.3 is 5.97 Å². The summed E-state index contributed by atoms with van der Waals surface area (Å²) >= 11 is 0. The molecule has 0 aliphatic rings. The first-order valence-corrected chi connectivity index (χ1v) is 7.26.